The third kappa shape index (κ3) is 3.20. The van der Waals surface area contributed by atoms with E-state index in [-0.39, 0.29) is 0 Å². The summed E-state index contributed by atoms with van der Waals surface area (Å²) in [6.45, 7) is 1.73. The van der Waals surface area contributed by atoms with Crippen LogP contribution >= 0.6 is 22.6 Å². The Bertz CT molecular complexity index is 509. The van der Waals surface area contributed by atoms with Gasteiger partial charge >= 0.3 is 0 Å². The fourth-order valence-electron chi connectivity index (χ4n) is 1.58. The monoisotopic (exact) mass is 340 g/mol. The van der Waals surface area contributed by atoms with E-state index in [1.165, 1.54) is 0 Å². The molecule has 2 nitrogen and oxygen atoms in total. The highest BCUT2D eigenvalue weighted by molar-refractivity contribution is 14.1. The van der Waals surface area contributed by atoms with Crippen molar-refractivity contribution >= 4 is 22.6 Å². The van der Waals surface area contributed by atoms with Gasteiger partial charge in [0.2, 0.25) is 0 Å². The minimum Gasteiger partial charge on any atom is -0.457 e. The average molecular weight is 340 g/mol. The summed E-state index contributed by atoms with van der Waals surface area (Å²) in [5.74, 6) is 1.48. The van der Waals surface area contributed by atoms with E-state index in [9.17, 15) is 5.11 Å². The van der Waals surface area contributed by atoms with Gasteiger partial charge in [0.1, 0.15) is 11.5 Å². The van der Waals surface area contributed by atoms with Crippen LogP contribution in [0.5, 0.6) is 11.5 Å². The van der Waals surface area contributed by atoms with Crippen LogP contribution in [-0.4, -0.2) is 5.11 Å². The van der Waals surface area contributed by atoms with E-state index in [1.54, 1.807) is 6.92 Å². The molecule has 0 aromatic heterocycles. The Morgan fingerprint density at radius 2 is 1.88 bits per heavy atom. The van der Waals surface area contributed by atoms with Crippen molar-refractivity contribution in [2.45, 2.75) is 13.0 Å². The van der Waals surface area contributed by atoms with Crippen molar-refractivity contribution in [3.05, 3.63) is 57.7 Å². The molecule has 1 atom stereocenters. The summed E-state index contributed by atoms with van der Waals surface area (Å²) >= 11 is 2.24. The smallest absolute Gasteiger partial charge is 0.133 e. The summed E-state index contributed by atoms with van der Waals surface area (Å²) in [5, 5.41) is 9.66. The van der Waals surface area contributed by atoms with Crippen LogP contribution in [0.25, 0.3) is 0 Å². The Morgan fingerprint density at radius 3 is 2.59 bits per heavy atom. The zero-order chi connectivity index (χ0) is 12.3. The van der Waals surface area contributed by atoms with E-state index in [0.717, 1.165) is 14.9 Å². The number of hydrogen-bond acceptors (Lipinski definition) is 2. The molecule has 2 rings (SSSR count). The summed E-state index contributed by atoms with van der Waals surface area (Å²) in [5.41, 5.74) is 0.798. The molecule has 0 spiro atoms. The Kier molecular flexibility index (Phi) is 4.02. The van der Waals surface area contributed by atoms with Crippen molar-refractivity contribution in [2.75, 3.05) is 0 Å². The van der Waals surface area contributed by atoms with Crippen molar-refractivity contribution in [1.29, 1.82) is 0 Å². The lowest BCUT2D eigenvalue weighted by Crippen LogP contribution is -1.95. The van der Waals surface area contributed by atoms with E-state index in [2.05, 4.69) is 22.6 Å². The second-order valence-electron chi connectivity index (χ2n) is 3.77. The molecule has 88 valence electrons. The standard InChI is InChI=1S/C14H13IO2/c1-10(16)13-7-2-3-8-14(13)17-12-6-4-5-11(15)9-12/h2-10,16H,1H3. The van der Waals surface area contributed by atoms with Gasteiger partial charge in [0.25, 0.3) is 0 Å². The fourth-order valence-corrected chi connectivity index (χ4v) is 2.09. The van der Waals surface area contributed by atoms with Crippen LogP contribution in [0.15, 0.2) is 48.5 Å². The SMILES string of the molecule is CC(O)c1ccccc1Oc1cccc(I)c1. The molecular formula is C14H13IO2. The van der Waals surface area contributed by atoms with Gasteiger partial charge in [0, 0.05) is 9.13 Å². The van der Waals surface area contributed by atoms with E-state index in [0.29, 0.717) is 5.75 Å². The van der Waals surface area contributed by atoms with Crippen molar-refractivity contribution in [3.8, 4) is 11.5 Å². The Balaban J connectivity index is 2.30. The molecule has 0 bridgehead atoms. The molecular weight excluding hydrogens is 327 g/mol. The van der Waals surface area contributed by atoms with Crippen LogP contribution in [0, 0.1) is 3.57 Å². The van der Waals surface area contributed by atoms with Crippen molar-refractivity contribution in [1.82, 2.24) is 0 Å². The lowest BCUT2D eigenvalue weighted by atomic mass is 10.1. The highest BCUT2D eigenvalue weighted by atomic mass is 127. The first-order valence-electron chi connectivity index (χ1n) is 5.37. The maximum Gasteiger partial charge on any atom is 0.133 e. The Morgan fingerprint density at radius 1 is 1.12 bits per heavy atom. The van der Waals surface area contributed by atoms with Gasteiger partial charge in [-0.3, -0.25) is 0 Å². The molecule has 2 aromatic rings. The summed E-state index contributed by atoms with van der Waals surface area (Å²) < 4.78 is 6.91. The molecule has 17 heavy (non-hydrogen) atoms. The van der Waals surface area contributed by atoms with Gasteiger partial charge in [0.05, 0.1) is 6.10 Å². The molecule has 0 heterocycles. The van der Waals surface area contributed by atoms with E-state index in [1.807, 2.05) is 48.5 Å². The lowest BCUT2D eigenvalue weighted by Gasteiger charge is -2.12. The highest BCUT2D eigenvalue weighted by Gasteiger charge is 2.08. The van der Waals surface area contributed by atoms with Gasteiger partial charge in [0.15, 0.2) is 0 Å². The predicted molar refractivity (Wildman–Crippen MR) is 76.3 cm³/mol. The van der Waals surface area contributed by atoms with Crippen LogP contribution in [0.2, 0.25) is 0 Å². The molecule has 0 amide bonds. The number of aliphatic hydroxyl groups excluding tert-OH is 1. The quantitative estimate of drug-likeness (QED) is 0.851. The molecule has 0 saturated heterocycles. The summed E-state index contributed by atoms with van der Waals surface area (Å²) in [4.78, 5) is 0. The van der Waals surface area contributed by atoms with Gasteiger partial charge in [-0.1, -0.05) is 24.3 Å². The fraction of sp³-hybridized carbons (Fsp3) is 0.143. The van der Waals surface area contributed by atoms with E-state index in [4.69, 9.17) is 4.74 Å². The average Bonchev–Trinajstić information content (AvgIpc) is 2.29. The maximum absolute atomic E-state index is 9.66. The molecule has 1 N–H and O–H groups in total. The van der Waals surface area contributed by atoms with Gasteiger partial charge < -0.3 is 9.84 Å². The molecule has 2 aromatic carbocycles. The third-order valence-corrected chi connectivity index (χ3v) is 3.06. The second-order valence-corrected chi connectivity index (χ2v) is 5.02. The molecule has 1 unspecified atom stereocenters. The van der Waals surface area contributed by atoms with Crippen LogP contribution < -0.4 is 4.74 Å². The van der Waals surface area contributed by atoms with Gasteiger partial charge in [-0.05, 0) is 53.8 Å². The minimum absolute atomic E-state index is 0.533. The zero-order valence-electron chi connectivity index (χ0n) is 9.43. The summed E-state index contributed by atoms with van der Waals surface area (Å²) in [6.07, 6.45) is -0.533. The highest BCUT2D eigenvalue weighted by Crippen LogP contribution is 2.29. The summed E-state index contributed by atoms with van der Waals surface area (Å²) in [6, 6.07) is 15.3. The van der Waals surface area contributed by atoms with E-state index < -0.39 is 6.10 Å². The van der Waals surface area contributed by atoms with Crippen molar-refractivity contribution in [3.63, 3.8) is 0 Å². The van der Waals surface area contributed by atoms with E-state index >= 15 is 0 Å². The molecule has 0 aliphatic rings. The third-order valence-electron chi connectivity index (χ3n) is 2.39. The largest absolute Gasteiger partial charge is 0.457 e. The molecule has 0 saturated carbocycles. The molecule has 0 aliphatic carbocycles. The second kappa shape index (κ2) is 5.51. The number of para-hydroxylation sites is 1. The van der Waals surface area contributed by atoms with Crippen molar-refractivity contribution < 1.29 is 9.84 Å². The molecule has 3 heteroatoms. The van der Waals surface area contributed by atoms with Gasteiger partial charge in [-0.15, -0.1) is 0 Å². The first-order chi connectivity index (χ1) is 8.16. The summed E-state index contributed by atoms with van der Waals surface area (Å²) in [7, 11) is 0. The number of benzene rings is 2. The first-order valence-corrected chi connectivity index (χ1v) is 6.45. The Hall–Kier alpha value is -1.07. The zero-order valence-corrected chi connectivity index (χ0v) is 11.6. The predicted octanol–water partition coefficient (Wildman–Crippen LogP) is 4.14. The first kappa shape index (κ1) is 12.4. The number of aliphatic hydroxyl groups is 1. The van der Waals surface area contributed by atoms with Crippen LogP contribution in [0.4, 0.5) is 0 Å². The topological polar surface area (TPSA) is 29.5 Å². The lowest BCUT2D eigenvalue weighted by molar-refractivity contribution is 0.195. The van der Waals surface area contributed by atoms with Gasteiger partial charge in [-0.2, -0.15) is 0 Å². The molecule has 0 aliphatic heterocycles. The normalized spacial score (nSPS) is 12.2. The maximum atomic E-state index is 9.66. The van der Waals surface area contributed by atoms with Gasteiger partial charge in [-0.25, -0.2) is 0 Å². The van der Waals surface area contributed by atoms with Crippen LogP contribution in [0.1, 0.15) is 18.6 Å². The number of halogens is 1. The number of ether oxygens (including phenoxy) is 1. The molecule has 0 fully saturated rings. The van der Waals surface area contributed by atoms with Crippen LogP contribution in [-0.2, 0) is 0 Å². The number of hydrogen-bond donors (Lipinski definition) is 1. The Labute approximate surface area is 114 Å². The molecule has 0 radical (unpaired) electrons. The number of rotatable bonds is 3. The minimum atomic E-state index is -0.533. The van der Waals surface area contributed by atoms with Crippen LogP contribution in [0.3, 0.4) is 0 Å². The van der Waals surface area contributed by atoms with Crippen molar-refractivity contribution in [2.24, 2.45) is 0 Å².